The van der Waals surface area contributed by atoms with E-state index in [2.05, 4.69) is 30.1 Å². The Kier molecular flexibility index (Phi) is 7.39. The van der Waals surface area contributed by atoms with Crippen molar-refractivity contribution in [2.24, 2.45) is 11.7 Å². The third kappa shape index (κ3) is 4.16. The first-order chi connectivity index (χ1) is 10.5. The molecule has 0 spiro atoms. The van der Waals surface area contributed by atoms with Crippen LogP contribution in [-0.2, 0) is 11.3 Å². The van der Waals surface area contributed by atoms with Crippen LogP contribution in [0.2, 0.25) is 0 Å². The molecule has 2 atom stereocenters. The number of rotatable bonds is 1. The Morgan fingerprint density at radius 2 is 1.92 bits per heavy atom. The third-order valence-electron chi connectivity index (χ3n) is 5.33. The normalized spacial score (nSPS) is 26.5. The topological polar surface area (TPSA) is 49.6 Å². The van der Waals surface area contributed by atoms with Crippen molar-refractivity contribution in [1.29, 1.82) is 0 Å². The largest absolute Gasteiger partial charge is 0.373 e. The molecule has 136 valence electrons. The van der Waals surface area contributed by atoms with Crippen LogP contribution < -0.4 is 10.6 Å². The molecule has 1 aromatic rings. The number of hydrogen-bond acceptors (Lipinski definition) is 3. The van der Waals surface area contributed by atoms with E-state index in [1.807, 2.05) is 17.9 Å². The third-order valence-corrected chi connectivity index (χ3v) is 5.33. The maximum atomic E-state index is 13.1. The molecule has 1 aliphatic carbocycles. The van der Waals surface area contributed by atoms with Crippen molar-refractivity contribution in [3.8, 4) is 0 Å². The fourth-order valence-electron chi connectivity index (χ4n) is 3.87. The van der Waals surface area contributed by atoms with Gasteiger partial charge in [-0.15, -0.1) is 24.8 Å². The summed E-state index contributed by atoms with van der Waals surface area (Å²) in [4.78, 5) is 17.3. The molecule has 0 radical (unpaired) electrons. The highest BCUT2D eigenvalue weighted by molar-refractivity contribution is 5.85. The predicted molar refractivity (Wildman–Crippen MR) is 104 cm³/mol. The van der Waals surface area contributed by atoms with Crippen molar-refractivity contribution in [2.45, 2.75) is 44.7 Å². The predicted octanol–water partition coefficient (Wildman–Crippen LogP) is 3.22. The smallest absolute Gasteiger partial charge is 0.227 e. The zero-order valence-electron chi connectivity index (χ0n) is 14.5. The van der Waals surface area contributed by atoms with Crippen molar-refractivity contribution in [3.05, 3.63) is 29.8 Å². The summed E-state index contributed by atoms with van der Waals surface area (Å²) in [6, 6.07) is 8.37. The Bertz CT molecular complexity index is 565. The summed E-state index contributed by atoms with van der Waals surface area (Å²) in [5, 5.41) is 0. The highest BCUT2D eigenvalue weighted by Crippen LogP contribution is 2.34. The van der Waals surface area contributed by atoms with Gasteiger partial charge >= 0.3 is 0 Å². The van der Waals surface area contributed by atoms with Crippen LogP contribution in [0.25, 0.3) is 0 Å². The van der Waals surface area contributed by atoms with Crippen molar-refractivity contribution in [1.82, 2.24) is 4.90 Å². The second-order valence-corrected chi connectivity index (χ2v) is 7.11. The fourth-order valence-corrected chi connectivity index (χ4v) is 3.87. The van der Waals surface area contributed by atoms with Crippen LogP contribution in [0.15, 0.2) is 24.3 Å². The quantitative estimate of drug-likeness (QED) is 0.821. The standard InChI is InChI=1S/C18H27N3O.2ClH/c1-18(19)10-6-5-8-15(18)17(22)21-12-11-20(2)16-9-4-3-7-14(16)13-21;;/h3-4,7,9,15H,5-6,8,10-13,19H2,1-2H3;2*1H. The molecule has 4 nitrogen and oxygen atoms in total. The van der Waals surface area contributed by atoms with Crippen LogP contribution in [-0.4, -0.2) is 36.5 Å². The summed E-state index contributed by atoms with van der Waals surface area (Å²) in [7, 11) is 2.10. The Hall–Kier alpha value is -0.970. The minimum absolute atomic E-state index is 0. The van der Waals surface area contributed by atoms with Crippen LogP contribution in [0.1, 0.15) is 38.2 Å². The molecule has 0 saturated heterocycles. The van der Waals surface area contributed by atoms with Gasteiger partial charge in [-0.05, 0) is 31.4 Å². The molecule has 1 aliphatic heterocycles. The van der Waals surface area contributed by atoms with Crippen molar-refractivity contribution >= 4 is 36.4 Å². The molecule has 1 saturated carbocycles. The van der Waals surface area contributed by atoms with E-state index in [1.54, 1.807) is 0 Å². The molecule has 0 bridgehead atoms. The molecule has 2 N–H and O–H groups in total. The maximum Gasteiger partial charge on any atom is 0.227 e. The first-order valence-corrected chi connectivity index (χ1v) is 8.36. The zero-order chi connectivity index (χ0) is 15.7. The molecule has 2 unspecified atom stereocenters. The van der Waals surface area contributed by atoms with Gasteiger partial charge in [-0.3, -0.25) is 4.79 Å². The monoisotopic (exact) mass is 373 g/mol. The van der Waals surface area contributed by atoms with Crippen LogP contribution in [0.3, 0.4) is 0 Å². The van der Waals surface area contributed by atoms with E-state index in [4.69, 9.17) is 5.73 Å². The van der Waals surface area contributed by atoms with Crippen molar-refractivity contribution in [3.63, 3.8) is 0 Å². The number of nitrogens with zero attached hydrogens (tertiary/aromatic N) is 2. The Morgan fingerprint density at radius 3 is 2.62 bits per heavy atom. The highest BCUT2D eigenvalue weighted by Gasteiger charge is 2.40. The molecule has 1 fully saturated rings. The van der Waals surface area contributed by atoms with Crippen LogP contribution in [0.4, 0.5) is 5.69 Å². The number of fused-ring (bicyclic) bond motifs is 1. The molecule has 6 heteroatoms. The summed E-state index contributed by atoms with van der Waals surface area (Å²) >= 11 is 0. The number of anilines is 1. The van der Waals surface area contributed by atoms with Gasteiger partial charge in [0, 0.05) is 37.9 Å². The first kappa shape index (κ1) is 21.1. The number of carbonyl (C=O) groups is 1. The van der Waals surface area contributed by atoms with E-state index < -0.39 is 0 Å². The van der Waals surface area contributed by atoms with E-state index in [0.29, 0.717) is 6.54 Å². The number of para-hydroxylation sites is 1. The first-order valence-electron chi connectivity index (χ1n) is 8.36. The average molecular weight is 374 g/mol. The minimum atomic E-state index is -0.354. The van der Waals surface area contributed by atoms with Gasteiger partial charge in [-0.1, -0.05) is 31.0 Å². The van der Waals surface area contributed by atoms with E-state index in [9.17, 15) is 4.79 Å². The minimum Gasteiger partial charge on any atom is -0.373 e. The molecular weight excluding hydrogens is 345 g/mol. The number of amides is 1. The molecule has 2 aliphatic rings. The van der Waals surface area contributed by atoms with Gasteiger partial charge in [0.05, 0.1) is 5.92 Å². The average Bonchev–Trinajstić information content (AvgIpc) is 2.66. The highest BCUT2D eigenvalue weighted by atomic mass is 35.5. The lowest BCUT2D eigenvalue weighted by molar-refractivity contribution is -0.139. The fraction of sp³-hybridized carbons (Fsp3) is 0.611. The number of likely N-dealkylation sites (N-methyl/N-ethyl adjacent to an activating group) is 1. The van der Waals surface area contributed by atoms with E-state index >= 15 is 0 Å². The Morgan fingerprint density at radius 1 is 1.21 bits per heavy atom. The Labute approximate surface area is 157 Å². The summed E-state index contributed by atoms with van der Waals surface area (Å²) in [6.45, 7) is 4.39. The van der Waals surface area contributed by atoms with Gasteiger partial charge in [0.15, 0.2) is 0 Å². The van der Waals surface area contributed by atoms with Crippen LogP contribution >= 0.6 is 24.8 Å². The number of carbonyl (C=O) groups excluding carboxylic acids is 1. The number of halogens is 2. The Balaban J connectivity index is 0.00000144. The van der Waals surface area contributed by atoms with Gasteiger partial charge in [0.2, 0.25) is 5.91 Å². The van der Waals surface area contributed by atoms with Crippen LogP contribution in [0.5, 0.6) is 0 Å². The van der Waals surface area contributed by atoms with Crippen molar-refractivity contribution in [2.75, 3.05) is 25.0 Å². The molecule has 3 rings (SSSR count). The lowest BCUT2D eigenvalue weighted by Crippen LogP contribution is -2.54. The zero-order valence-corrected chi connectivity index (χ0v) is 16.2. The molecular formula is C18H29Cl2N3O. The lowest BCUT2D eigenvalue weighted by atomic mass is 9.74. The van der Waals surface area contributed by atoms with Gasteiger partial charge in [-0.25, -0.2) is 0 Å². The maximum absolute atomic E-state index is 13.1. The van der Waals surface area contributed by atoms with E-state index in [1.165, 1.54) is 11.3 Å². The molecule has 24 heavy (non-hydrogen) atoms. The molecule has 1 heterocycles. The molecule has 0 aromatic heterocycles. The van der Waals surface area contributed by atoms with Crippen LogP contribution in [0, 0.1) is 5.92 Å². The van der Waals surface area contributed by atoms with Gasteiger partial charge in [0.25, 0.3) is 0 Å². The van der Waals surface area contributed by atoms with E-state index in [-0.39, 0.29) is 42.2 Å². The summed E-state index contributed by atoms with van der Waals surface area (Å²) in [6.07, 6.45) is 4.14. The number of benzene rings is 1. The SMILES string of the molecule is CN1CCN(C(=O)C2CCCCC2(C)N)Cc2ccccc21.Cl.Cl. The van der Waals surface area contributed by atoms with Gasteiger partial charge in [0.1, 0.15) is 0 Å². The summed E-state index contributed by atoms with van der Waals surface area (Å²) in [5.74, 6) is 0.214. The van der Waals surface area contributed by atoms with Crippen molar-refractivity contribution < 1.29 is 4.79 Å². The summed E-state index contributed by atoms with van der Waals surface area (Å²) < 4.78 is 0. The number of nitrogens with two attached hydrogens (primary N) is 1. The second kappa shape index (κ2) is 8.41. The summed E-state index contributed by atoms with van der Waals surface area (Å²) in [5.41, 5.74) is 8.54. The van der Waals surface area contributed by atoms with E-state index in [0.717, 1.165) is 38.8 Å². The molecule has 1 amide bonds. The molecule has 1 aromatic carbocycles. The van der Waals surface area contributed by atoms with Gasteiger partial charge in [-0.2, -0.15) is 0 Å². The number of hydrogen-bond donors (Lipinski definition) is 1. The lowest BCUT2D eigenvalue weighted by Gasteiger charge is -2.39. The van der Waals surface area contributed by atoms with Gasteiger partial charge < -0.3 is 15.5 Å². The second-order valence-electron chi connectivity index (χ2n) is 7.11.